The molecule has 0 aromatic heterocycles. The summed E-state index contributed by atoms with van der Waals surface area (Å²) in [4.78, 5) is 0. The number of rotatable bonds is 4. The van der Waals surface area contributed by atoms with Crippen LogP contribution < -0.4 is 5.73 Å². The SMILES string of the molecule is NC(CCc1c(F)cccc1Cl)c1ccccc1. The molecular weight excluding hydrogens is 249 g/mol. The highest BCUT2D eigenvalue weighted by molar-refractivity contribution is 6.31. The third kappa shape index (κ3) is 3.09. The molecular formula is C15H15ClFN. The molecule has 1 atom stereocenters. The lowest BCUT2D eigenvalue weighted by Gasteiger charge is -2.12. The Morgan fingerprint density at radius 1 is 1.06 bits per heavy atom. The zero-order chi connectivity index (χ0) is 13.0. The van der Waals surface area contributed by atoms with Gasteiger partial charge in [-0.3, -0.25) is 0 Å². The number of hydrogen-bond acceptors (Lipinski definition) is 1. The van der Waals surface area contributed by atoms with Crippen molar-refractivity contribution in [3.63, 3.8) is 0 Å². The lowest BCUT2D eigenvalue weighted by Crippen LogP contribution is -2.11. The van der Waals surface area contributed by atoms with Gasteiger partial charge in [-0.25, -0.2) is 4.39 Å². The fourth-order valence-electron chi connectivity index (χ4n) is 1.94. The van der Waals surface area contributed by atoms with Crippen LogP contribution in [0, 0.1) is 5.82 Å². The summed E-state index contributed by atoms with van der Waals surface area (Å²) >= 11 is 5.98. The van der Waals surface area contributed by atoms with Gasteiger partial charge in [0.25, 0.3) is 0 Å². The molecule has 0 fully saturated rings. The summed E-state index contributed by atoms with van der Waals surface area (Å²) in [7, 11) is 0. The van der Waals surface area contributed by atoms with Crippen molar-refractivity contribution in [1.29, 1.82) is 0 Å². The van der Waals surface area contributed by atoms with E-state index in [4.69, 9.17) is 17.3 Å². The van der Waals surface area contributed by atoms with Crippen molar-refractivity contribution in [2.75, 3.05) is 0 Å². The molecule has 0 amide bonds. The summed E-state index contributed by atoms with van der Waals surface area (Å²) in [6.07, 6.45) is 1.21. The Morgan fingerprint density at radius 2 is 1.78 bits per heavy atom. The van der Waals surface area contributed by atoms with Gasteiger partial charge in [-0.1, -0.05) is 48.0 Å². The highest BCUT2D eigenvalue weighted by atomic mass is 35.5. The molecule has 0 bridgehead atoms. The highest BCUT2D eigenvalue weighted by Crippen LogP contribution is 2.23. The second kappa shape index (κ2) is 5.98. The highest BCUT2D eigenvalue weighted by Gasteiger charge is 2.10. The van der Waals surface area contributed by atoms with Gasteiger partial charge in [0, 0.05) is 16.6 Å². The number of halogens is 2. The number of nitrogens with two attached hydrogens (primary N) is 1. The van der Waals surface area contributed by atoms with Gasteiger partial charge < -0.3 is 5.73 Å². The van der Waals surface area contributed by atoms with Crippen LogP contribution in [0.15, 0.2) is 48.5 Å². The Hall–Kier alpha value is -1.38. The Bertz CT molecular complexity index is 493. The van der Waals surface area contributed by atoms with E-state index in [9.17, 15) is 4.39 Å². The molecule has 1 nitrogen and oxygen atoms in total. The van der Waals surface area contributed by atoms with Crippen molar-refractivity contribution < 1.29 is 4.39 Å². The predicted octanol–water partition coefficient (Wildman–Crippen LogP) is 4.11. The molecule has 18 heavy (non-hydrogen) atoms. The maximum Gasteiger partial charge on any atom is 0.127 e. The molecule has 0 aliphatic rings. The van der Waals surface area contributed by atoms with E-state index >= 15 is 0 Å². The Labute approximate surface area is 111 Å². The summed E-state index contributed by atoms with van der Waals surface area (Å²) in [5, 5.41) is 0.468. The monoisotopic (exact) mass is 263 g/mol. The van der Waals surface area contributed by atoms with Crippen LogP contribution in [-0.2, 0) is 6.42 Å². The van der Waals surface area contributed by atoms with Crippen LogP contribution in [0.1, 0.15) is 23.6 Å². The average molecular weight is 264 g/mol. The van der Waals surface area contributed by atoms with E-state index in [1.807, 2.05) is 30.3 Å². The quantitative estimate of drug-likeness (QED) is 0.883. The van der Waals surface area contributed by atoms with E-state index in [0.717, 1.165) is 5.56 Å². The summed E-state index contributed by atoms with van der Waals surface area (Å²) in [6, 6.07) is 14.4. The van der Waals surface area contributed by atoms with Gasteiger partial charge in [0.05, 0.1) is 0 Å². The van der Waals surface area contributed by atoms with Gasteiger partial charge in [0.15, 0.2) is 0 Å². The lowest BCUT2D eigenvalue weighted by atomic mass is 9.99. The van der Waals surface area contributed by atoms with Crippen molar-refractivity contribution >= 4 is 11.6 Å². The minimum Gasteiger partial charge on any atom is -0.324 e. The molecule has 0 aliphatic carbocycles. The first-order valence-corrected chi connectivity index (χ1v) is 6.29. The van der Waals surface area contributed by atoms with Crippen LogP contribution in [0.25, 0.3) is 0 Å². The molecule has 2 N–H and O–H groups in total. The first-order valence-electron chi connectivity index (χ1n) is 5.92. The van der Waals surface area contributed by atoms with E-state index < -0.39 is 0 Å². The zero-order valence-corrected chi connectivity index (χ0v) is 10.7. The Balaban J connectivity index is 2.04. The van der Waals surface area contributed by atoms with E-state index in [-0.39, 0.29) is 11.9 Å². The largest absolute Gasteiger partial charge is 0.324 e. The molecule has 2 rings (SSSR count). The van der Waals surface area contributed by atoms with Crippen molar-refractivity contribution in [2.24, 2.45) is 5.73 Å². The fraction of sp³-hybridized carbons (Fsp3) is 0.200. The standard InChI is InChI=1S/C15H15ClFN/c16-13-7-4-8-14(17)12(13)9-10-15(18)11-5-2-1-3-6-11/h1-8,15H,9-10,18H2. The van der Waals surface area contributed by atoms with Crippen molar-refractivity contribution in [3.05, 3.63) is 70.5 Å². The van der Waals surface area contributed by atoms with Gasteiger partial charge >= 0.3 is 0 Å². The molecule has 94 valence electrons. The Morgan fingerprint density at radius 3 is 2.44 bits per heavy atom. The third-order valence-electron chi connectivity index (χ3n) is 2.99. The zero-order valence-electron chi connectivity index (χ0n) is 9.94. The van der Waals surface area contributed by atoms with E-state index in [0.29, 0.717) is 23.4 Å². The molecule has 2 aromatic carbocycles. The molecule has 3 heteroatoms. The first kappa shape index (κ1) is 13.1. The molecule has 2 aromatic rings. The van der Waals surface area contributed by atoms with Gasteiger partial charge in [-0.05, 0) is 30.5 Å². The van der Waals surface area contributed by atoms with Crippen molar-refractivity contribution in [2.45, 2.75) is 18.9 Å². The minimum absolute atomic E-state index is 0.0955. The van der Waals surface area contributed by atoms with Gasteiger partial charge in [0.2, 0.25) is 0 Å². The van der Waals surface area contributed by atoms with Crippen LogP contribution in [0.3, 0.4) is 0 Å². The topological polar surface area (TPSA) is 26.0 Å². The molecule has 1 unspecified atom stereocenters. The van der Waals surface area contributed by atoms with E-state index in [2.05, 4.69) is 0 Å². The maximum atomic E-state index is 13.6. The fourth-order valence-corrected chi connectivity index (χ4v) is 2.20. The second-order valence-corrected chi connectivity index (χ2v) is 4.66. The number of benzene rings is 2. The van der Waals surface area contributed by atoms with Gasteiger partial charge in [0.1, 0.15) is 5.82 Å². The van der Waals surface area contributed by atoms with E-state index in [1.165, 1.54) is 6.07 Å². The second-order valence-electron chi connectivity index (χ2n) is 4.26. The van der Waals surface area contributed by atoms with Gasteiger partial charge in [-0.2, -0.15) is 0 Å². The first-order chi connectivity index (χ1) is 8.68. The minimum atomic E-state index is -0.261. The van der Waals surface area contributed by atoms with E-state index in [1.54, 1.807) is 12.1 Å². The van der Waals surface area contributed by atoms with Crippen molar-refractivity contribution in [3.8, 4) is 0 Å². The smallest absolute Gasteiger partial charge is 0.127 e. The molecule has 0 saturated carbocycles. The third-order valence-corrected chi connectivity index (χ3v) is 3.35. The molecule has 0 spiro atoms. The van der Waals surface area contributed by atoms with Crippen LogP contribution in [0.5, 0.6) is 0 Å². The van der Waals surface area contributed by atoms with Crippen molar-refractivity contribution in [1.82, 2.24) is 0 Å². The average Bonchev–Trinajstić information content (AvgIpc) is 2.39. The molecule has 0 radical (unpaired) electrons. The summed E-state index contributed by atoms with van der Waals surface area (Å²) in [5.74, 6) is -0.261. The van der Waals surface area contributed by atoms with Gasteiger partial charge in [-0.15, -0.1) is 0 Å². The predicted molar refractivity (Wildman–Crippen MR) is 73.1 cm³/mol. The molecule has 0 aliphatic heterocycles. The van der Waals surface area contributed by atoms with Crippen LogP contribution in [0.4, 0.5) is 4.39 Å². The summed E-state index contributed by atoms with van der Waals surface area (Å²) in [6.45, 7) is 0. The number of hydrogen-bond donors (Lipinski definition) is 1. The molecule has 0 heterocycles. The lowest BCUT2D eigenvalue weighted by molar-refractivity contribution is 0.587. The summed E-state index contributed by atoms with van der Waals surface area (Å²) < 4.78 is 13.6. The molecule has 0 saturated heterocycles. The maximum absolute atomic E-state index is 13.6. The van der Waals surface area contributed by atoms with Crippen LogP contribution >= 0.6 is 11.6 Å². The van der Waals surface area contributed by atoms with Crippen LogP contribution in [-0.4, -0.2) is 0 Å². The Kier molecular flexibility index (Phi) is 4.34. The normalized spacial score (nSPS) is 12.4. The summed E-state index contributed by atoms with van der Waals surface area (Å²) in [5.41, 5.74) is 7.68. The van der Waals surface area contributed by atoms with Crippen LogP contribution in [0.2, 0.25) is 5.02 Å².